The molecule has 7 nitrogen and oxygen atoms in total. The van der Waals surface area contributed by atoms with E-state index in [0.29, 0.717) is 6.07 Å². The van der Waals surface area contributed by atoms with E-state index < -0.39 is 47.4 Å². The number of halogens is 5. The molecule has 0 spiro atoms. The van der Waals surface area contributed by atoms with Crippen molar-refractivity contribution in [3.05, 3.63) is 77.0 Å². The van der Waals surface area contributed by atoms with Crippen LogP contribution in [0.2, 0.25) is 0 Å². The van der Waals surface area contributed by atoms with Gasteiger partial charge in [-0.25, -0.2) is 28.1 Å². The Bertz CT molecular complexity index is 1470. The second-order valence-corrected chi connectivity index (χ2v) is 8.99. The summed E-state index contributed by atoms with van der Waals surface area (Å²) >= 11 is 0. The molecule has 1 aliphatic rings. The van der Waals surface area contributed by atoms with Crippen LogP contribution in [0.25, 0.3) is 16.8 Å². The molecule has 3 heterocycles. The van der Waals surface area contributed by atoms with Crippen molar-refractivity contribution in [2.45, 2.75) is 44.5 Å². The first-order chi connectivity index (χ1) is 16.9. The van der Waals surface area contributed by atoms with Crippen molar-refractivity contribution in [2.75, 3.05) is 0 Å². The molecule has 0 radical (unpaired) electrons. The van der Waals surface area contributed by atoms with Crippen LogP contribution in [0.5, 0.6) is 5.75 Å². The van der Waals surface area contributed by atoms with Gasteiger partial charge in [0.05, 0.1) is 17.5 Å². The molecule has 188 valence electrons. The van der Waals surface area contributed by atoms with E-state index in [9.17, 15) is 27.8 Å². The zero-order valence-electron chi connectivity index (χ0n) is 18.9. The molecular weight excluding hydrogens is 487 g/mol. The van der Waals surface area contributed by atoms with Crippen LogP contribution in [-0.4, -0.2) is 36.2 Å². The highest BCUT2D eigenvalue weighted by Gasteiger charge is 2.38. The summed E-state index contributed by atoms with van der Waals surface area (Å²) in [6.07, 6.45) is 2.80. The standard InChI is InChI=1S/C24H19F5N4O3/c1-24(2,35)22-30-7-10(8-31-22)13-9-33-19(6-14(13)25)32-20-17(34)4-12(21(20)33)11-3-15(26)16(27)5-18(11)36-23(28)29/h3,5-9,12,17,23,34-35H,4H2,1-2H3. The molecule has 12 heteroatoms. The van der Waals surface area contributed by atoms with E-state index in [1.807, 2.05) is 0 Å². The van der Waals surface area contributed by atoms with Crippen LogP contribution in [0.4, 0.5) is 22.0 Å². The molecule has 2 atom stereocenters. The number of aliphatic hydroxyl groups is 2. The van der Waals surface area contributed by atoms with Gasteiger partial charge in [0.2, 0.25) is 0 Å². The summed E-state index contributed by atoms with van der Waals surface area (Å²) < 4.78 is 74.8. The molecular formula is C24H19F5N4O3. The summed E-state index contributed by atoms with van der Waals surface area (Å²) in [5, 5.41) is 20.7. The number of benzene rings is 1. The monoisotopic (exact) mass is 506 g/mol. The first-order valence-corrected chi connectivity index (χ1v) is 10.8. The molecule has 1 aromatic carbocycles. The third-order valence-electron chi connectivity index (χ3n) is 6.03. The number of imidazole rings is 1. The molecule has 0 bridgehead atoms. The van der Waals surface area contributed by atoms with E-state index in [1.54, 1.807) is 0 Å². The number of ether oxygens (including phenoxy) is 1. The molecule has 2 unspecified atom stereocenters. The van der Waals surface area contributed by atoms with Crippen molar-refractivity contribution in [1.82, 2.24) is 19.4 Å². The Labute approximate surface area is 200 Å². The van der Waals surface area contributed by atoms with Gasteiger partial charge in [-0.2, -0.15) is 8.78 Å². The van der Waals surface area contributed by atoms with Crippen LogP contribution >= 0.6 is 0 Å². The fourth-order valence-corrected chi connectivity index (χ4v) is 4.42. The average molecular weight is 506 g/mol. The Morgan fingerprint density at radius 2 is 1.72 bits per heavy atom. The molecule has 2 N–H and O–H groups in total. The van der Waals surface area contributed by atoms with Crippen molar-refractivity contribution in [1.29, 1.82) is 0 Å². The number of pyridine rings is 1. The lowest BCUT2D eigenvalue weighted by atomic mass is 9.95. The quantitative estimate of drug-likeness (QED) is 0.384. The Hall–Kier alpha value is -3.64. The Morgan fingerprint density at radius 1 is 1.06 bits per heavy atom. The summed E-state index contributed by atoms with van der Waals surface area (Å²) in [6, 6.07) is 2.38. The van der Waals surface area contributed by atoms with Gasteiger partial charge in [-0.1, -0.05) is 0 Å². The Kier molecular flexibility index (Phi) is 5.67. The van der Waals surface area contributed by atoms with Gasteiger partial charge in [-0.05, 0) is 26.3 Å². The van der Waals surface area contributed by atoms with Crippen molar-refractivity contribution in [3.63, 3.8) is 0 Å². The first-order valence-electron chi connectivity index (χ1n) is 10.8. The van der Waals surface area contributed by atoms with Gasteiger partial charge >= 0.3 is 6.61 Å². The lowest BCUT2D eigenvalue weighted by molar-refractivity contribution is -0.0508. The topological polar surface area (TPSA) is 92.8 Å². The second-order valence-electron chi connectivity index (χ2n) is 8.99. The maximum Gasteiger partial charge on any atom is 0.387 e. The van der Waals surface area contributed by atoms with Crippen LogP contribution in [0.1, 0.15) is 55.1 Å². The van der Waals surface area contributed by atoms with Crippen LogP contribution in [0.3, 0.4) is 0 Å². The van der Waals surface area contributed by atoms with Crippen molar-refractivity contribution < 1.29 is 36.9 Å². The number of hydrogen-bond acceptors (Lipinski definition) is 6. The number of aliphatic hydroxyl groups excluding tert-OH is 1. The van der Waals surface area contributed by atoms with Gasteiger partial charge in [-0.3, -0.25) is 0 Å². The highest BCUT2D eigenvalue weighted by Crippen LogP contribution is 2.47. The second kappa shape index (κ2) is 8.49. The van der Waals surface area contributed by atoms with Crippen LogP contribution in [0.15, 0.2) is 36.8 Å². The van der Waals surface area contributed by atoms with Crippen LogP contribution in [0, 0.1) is 17.5 Å². The highest BCUT2D eigenvalue weighted by molar-refractivity contribution is 5.65. The van der Waals surface area contributed by atoms with Crippen LogP contribution < -0.4 is 4.74 Å². The summed E-state index contributed by atoms with van der Waals surface area (Å²) in [7, 11) is 0. The normalized spacial score (nSPS) is 17.7. The third-order valence-corrected chi connectivity index (χ3v) is 6.03. The fourth-order valence-electron chi connectivity index (χ4n) is 4.42. The maximum atomic E-state index is 15.0. The van der Waals surface area contributed by atoms with Crippen molar-refractivity contribution >= 4 is 5.65 Å². The number of aromatic nitrogens is 4. The maximum absolute atomic E-state index is 15.0. The van der Waals surface area contributed by atoms with Gasteiger partial charge in [-0.15, -0.1) is 0 Å². The smallest absolute Gasteiger partial charge is 0.387 e. The van der Waals surface area contributed by atoms with Crippen LogP contribution in [-0.2, 0) is 5.60 Å². The molecule has 1 aliphatic carbocycles. The molecule has 0 saturated carbocycles. The minimum Gasteiger partial charge on any atom is -0.434 e. The molecule has 36 heavy (non-hydrogen) atoms. The minimum absolute atomic E-state index is 0.0551. The number of fused-ring (bicyclic) bond motifs is 3. The zero-order valence-corrected chi connectivity index (χ0v) is 18.9. The van der Waals surface area contributed by atoms with Crippen molar-refractivity contribution in [3.8, 4) is 16.9 Å². The SMILES string of the molecule is CC(C)(O)c1ncc(-c2cn3c4c(nc3cc2F)C(O)CC4c2cc(F)c(F)cc2OC(F)F)cn1. The molecule has 4 aromatic rings. The predicted molar refractivity (Wildman–Crippen MR) is 116 cm³/mol. The minimum atomic E-state index is -3.30. The predicted octanol–water partition coefficient (Wildman–Crippen LogP) is 4.61. The summed E-state index contributed by atoms with van der Waals surface area (Å²) in [4.78, 5) is 12.4. The molecule has 0 amide bonds. The number of hydrogen-bond donors (Lipinski definition) is 2. The Morgan fingerprint density at radius 3 is 2.36 bits per heavy atom. The third kappa shape index (κ3) is 4.05. The van der Waals surface area contributed by atoms with E-state index in [2.05, 4.69) is 19.7 Å². The molecule has 0 fully saturated rings. The average Bonchev–Trinajstić information content (AvgIpc) is 3.31. The summed E-state index contributed by atoms with van der Waals surface area (Å²) in [5.41, 5.74) is -0.543. The van der Waals surface area contributed by atoms with E-state index in [0.717, 1.165) is 12.1 Å². The highest BCUT2D eigenvalue weighted by atomic mass is 19.3. The van der Waals surface area contributed by atoms with Gasteiger partial charge in [0.25, 0.3) is 0 Å². The number of alkyl halides is 2. The number of rotatable bonds is 5. The van der Waals surface area contributed by atoms with Gasteiger partial charge in [0.1, 0.15) is 22.8 Å². The lowest BCUT2D eigenvalue weighted by Gasteiger charge is -2.18. The van der Waals surface area contributed by atoms with Gasteiger partial charge in [0, 0.05) is 53.3 Å². The van der Waals surface area contributed by atoms with E-state index in [1.165, 1.54) is 36.8 Å². The Balaban J connectivity index is 1.66. The molecule has 0 aliphatic heterocycles. The zero-order chi connectivity index (χ0) is 25.9. The fraction of sp³-hybridized carbons (Fsp3) is 0.292. The van der Waals surface area contributed by atoms with Gasteiger partial charge < -0.3 is 19.4 Å². The summed E-state index contributed by atoms with van der Waals surface area (Å²) in [5.74, 6) is -4.69. The first kappa shape index (κ1) is 24.1. The van der Waals surface area contributed by atoms with Gasteiger partial charge in [0.15, 0.2) is 17.5 Å². The molecule has 3 aromatic heterocycles. The molecule has 5 rings (SSSR count). The van der Waals surface area contributed by atoms with E-state index in [-0.39, 0.29) is 46.0 Å². The summed E-state index contributed by atoms with van der Waals surface area (Å²) in [6.45, 7) is -0.299. The number of nitrogens with zero attached hydrogens (tertiary/aromatic N) is 4. The lowest BCUT2D eigenvalue weighted by Crippen LogP contribution is -2.19. The molecule has 0 saturated heterocycles. The van der Waals surface area contributed by atoms with Crippen molar-refractivity contribution in [2.24, 2.45) is 0 Å². The largest absolute Gasteiger partial charge is 0.434 e. The van der Waals surface area contributed by atoms with E-state index in [4.69, 9.17) is 0 Å². The van der Waals surface area contributed by atoms with E-state index >= 15 is 4.39 Å².